The summed E-state index contributed by atoms with van der Waals surface area (Å²) in [5.74, 6) is -0.229. The van der Waals surface area contributed by atoms with E-state index >= 15 is 0 Å². The van der Waals surface area contributed by atoms with Crippen LogP contribution in [0.25, 0.3) is 0 Å². The van der Waals surface area contributed by atoms with Crippen molar-refractivity contribution in [1.82, 2.24) is 10.2 Å². The van der Waals surface area contributed by atoms with Crippen LogP contribution in [0.3, 0.4) is 0 Å². The van der Waals surface area contributed by atoms with Crippen molar-refractivity contribution >= 4 is 24.0 Å². The first-order chi connectivity index (χ1) is 8.74. The minimum Gasteiger partial charge on any atom is -0.314 e. The number of benzene rings is 1. The number of halogens is 3. The van der Waals surface area contributed by atoms with Crippen LogP contribution >= 0.6 is 24.0 Å². The number of piperazine rings is 1. The van der Waals surface area contributed by atoms with Gasteiger partial charge in [-0.15, -0.1) is 19.0 Å². The van der Waals surface area contributed by atoms with Gasteiger partial charge in [0.1, 0.15) is 5.82 Å². The molecule has 1 atom stereocenters. The molecule has 0 amide bonds. The van der Waals surface area contributed by atoms with Crippen molar-refractivity contribution in [2.24, 2.45) is 0 Å². The zero-order valence-corrected chi connectivity index (χ0v) is 12.3. The van der Waals surface area contributed by atoms with Crippen molar-refractivity contribution in [2.75, 3.05) is 26.2 Å². The van der Waals surface area contributed by atoms with Gasteiger partial charge in [-0.25, -0.2) is 4.39 Å². The molecule has 1 aromatic rings. The average molecular weight is 305 g/mol. The summed E-state index contributed by atoms with van der Waals surface area (Å²) in [7, 11) is 0. The molecule has 0 unspecified atom stereocenters. The number of nitrogens with zero attached hydrogens (tertiary/aromatic N) is 1. The Balaban J connectivity index is 0.00000180. The van der Waals surface area contributed by atoms with Crippen molar-refractivity contribution in [3.05, 3.63) is 47.3 Å². The predicted octanol–water partition coefficient (Wildman–Crippen LogP) is 3.42. The number of rotatable bonds is 4. The molecule has 0 aromatic heterocycles. The summed E-state index contributed by atoms with van der Waals surface area (Å²) in [6.07, 6.45) is 2.54. The lowest BCUT2D eigenvalue weighted by Crippen LogP contribution is -2.45. The van der Waals surface area contributed by atoms with E-state index in [9.17, 15) is 4.39 Å². The molecule has 5 heteroatoms. The summed E-state index contributed by atoms with van der Waals surface area (Å²) in [5, 5.41) is 3.80. The third-order valence-corrected chi connectivity index (χ3v) is 3.64. The molecule has 106 valence electrons. The number of hydrogen-bond acceptors (Lipinski definition) is 2. The minimum absolute atomic E-state index is 0. The molecule has 1 fully saturated rings. The number of nitrogens with one attached hydrogen (secondary N) is 1. The molecular weight excluding hydrogens is 286 g/mol. The van der Waals surface area contributed by atoms with Gasteiger partial charge in [0.15, 0.2) is 0 Å². The third kappa shape index (κ3) is 3.93. The van der Waals surface area contributed by atoms with Gasteiger partial charge < -0.3 is 5.32 Å². The lowest BCUT2D eigenvalue weighted by molar-refractivity contribution is 0.171. The summed E-state index contributed by atoms with van der Waals surface area (Å²) in [4.78, 5) is 2.27. The van der Waals surface area contributed by atoms with Crippen LogP contribution in [0.15, 0.2) is 30.9 Å². The van der Waals surface area contributed by atoms with E-state index in [1.807, 2.05) is 6.08 Å². The maximum Gasteiger partial charge on any atom is 0.129 e. The maximum atomic E-state index is 14.0. The first-order valence-electron chi connectivity index (χ1n) is 6.23. The van der Waals surface area contributed by atoms with Crippen LogP contribution in [-0.2, 0) is 0 Å². The van der Waals surface area contributed by atoms with Crippen LogP contribution in [0.4, 0.5) is 4.39 Å². The minimum atomic E-state index is -0.229. The highest BCUT2D eigenvalue weighted by molar-refractivity contribution is 6.31. The van der Waals surface area contributed by atoms with Gasteiger partial charge in [0.2, 0.25) is 0 Å². The van der Waals surface area contributed by atoms with Gasteiger partial charge in [-0.3, -0.25) is 4.90 Å². The molecule has 1 aromatic carbocycles. The molecule has 0 bridgehead atoms. The Morgan fingerprint density at radius 1 is 1.42 bits per heavy atom. The molecule has 1 aliphatic rings. The van der Waals surface area contributed by atoms with E-state index in [1.165, 1.54) is 6.07 Å². The van der Waals surface area contributed by atoms with E-state index in [2.05, 4.69) is 16.8 Å². The normalized spacial score (nSPS) is 17.6. The molecule has 1 aliphatic heterocycles. The van der Waals surface area contributed by atoms with Crippen molar-refractivity contribution < 1.29 is 4.39 Å². The Morgan fingerprint density at radius 3 is 2.68 bits per heavy atom. The van der Waals surface area contributed by atoms with E-state index < -0.39 is 0 Å². The Bertz CT molecular complexity index is 400. The Hall–Kier alpha value is -0.610. The molecule has 2 nitrogen and oxygen atoms in total. The van der Waals surface area contributed by atoms with Crippen LogP contribution in [0, 0.1) is 5.82 Å². The van der Waals surface area contributed by atoms with Gasteiger partial charge in [-0.1, -0.05) is 23.7 Å². The highest BCUT2D eigenvalue weighted by Gasteiger charge is 2.25. The summed E-state index contributed by atoms with van der Waals surface area (Å²) >= 11 is 6.16. The maximum absolute atomic E-state index is 14.0. The van der Waals surface area contributed by atoms with Crippen LogP contribution in [-0.4, -0.2) is 31.1 Å². The van der Waals surface area contributed by atoms with E-state index in [0.717, 1.165) is 26.2 Å². The van der Waals surface area contributed by atoms with Gasteiger partial charge in [0.05, 0.1) is 0 Å². The quantitative estimate of drug-likeness (QED) is 0.858. The van der Waals surface area contributed by atoms with E-state index in [-0.39, 0.29) is 24.3 Å². The molecule has 0 aliphatic carbocycles. The molecule has 1 saturated heterocycles. The van der Waals surface area contributed by atoms with Crippen LogP contribution in [0.1, 0.15) is 18.0 Å². The lowest BCUT2D eigenvalue weighted by atomic mass is 10.0. The molecule has 0 saturated carbocycles. The fourth-order valence-electron chi connectivity index (χ4n) is 2.43. The summed E-state index contributed by atoms with van der Waals surface area (Å²) in [6, 6.07) is 4.85. The summed E-state index contributed by atoms with van der Waals surface area (Å²) in [5.41, 5.74) is 0.598. The topological polar surface area (TPSA) is 15.3 Å². The van der Waals surface area contributed by atoms with Crippen LogP contribution < -0.4 is 5.32 Å². The second kappa shape index (κ2) is 7.85. The number of hydrogen-bond donors (Lipinski definition) is 1. The van der Waals surface area contributed by atoms with Crippen molar-refractivity contribution in [2.45, 2.75) is 12.5 Å². The van der Waals surface area contributed by atoms with Gasteiger partial charge in [-0.2, -0.15) is 0 Å². The Kier molecular flexibility index (Phi) is 6.80. The van der Waals surface area contributed by atoms with E-state index in [1.54, 1.807) is 12.1 Å². The fourth-order valence-corrected chi connectivity index (χ4v) is 2.72. The van der Waals surface area contributed by atoms with E-state index in [4.69, 9.17) is 11.6 Å². The molecule has 1 heterocycles. The zero-order valence-electron chi connectivity index (χ0n) is 10.7. The van der Waals surface area contributed by atoms with Crippen molar-refractivity contribution in [1.29, 1.82) is 0 Å². The van der Waals surface area contributed by atoms with Crippen molar-refractivity contribution in [3.63, 3.8) is 0 Å². The molecular formula is C14H19Cl2FN2. The second-order valence-electron chi connectivity index (χ2n) is 4.46. The average Bonchev–Trinajstić information content (AvgIpc) is 2.38. The van der Waals surface area contributed by atoms with Crippen molar-refractivity contribution in [3.8, 4) is 0 Å². The highest BCUT2D eigenvalue weighted by Crippen LogP contribution is 2.32. The SMILES string of the molecule is C=CC[C@H](c1c(F)cccc1Cl)N1CCNCC1.Cl. The molecule has 0 spiro atoms. The molecule has 1 N–H and O–H groups in total. The van der Waals surface area contributed by atoms with E-state index in [0.29, 0.717) is 17.0 Å². The third-order valence-electron chi connectivity index (χ3n) is 3.32. The fraction of sp³-hybridized carbons (Fsp3) is 0.429. The zero-order chi connectivity index (χ0) is 13.0. The lowest BCUT2D eigenvalue weighted by Gasteiger charge is -2.35. The largest absolute Gasteiger partial charge is 0.314 e. The summed E-state index contributed by atoms with van der Waals surface area (Å²) in [6.45, 7) is 7.44. The van der Waals surface area contributed by atoms with Gasteiger partial charge in [-0.05, 0) is 18.6 Å². The second-order valence-corrected chi connectivity index (χ2v) is 4.87. The smallest absolute Gasteiger partial charge is 0.129 e. The summed E-state index contributed by atoms with van der Waals surface area (Å²) < 4.78 is 14.0. The van der Waals surface area contributed by atoms with Crippen LogP contribution in [0.2, 0.25) is 5.02 Å². The highest BCUT2D eigenvalue weighted by atomic mass is 35.5. The van der Waals surface area contributed by atoms with Crippen LogP contribution in [0.5, 0.6) is 0 Å². The predicted molar refractivity (Wildman–Crippen MR) is 80.7 cm³/mol. The molecule has 0 radical (unpaired) electrons. The standard InChI is InChI=1S/C14H18ClFN2.ClH/c1-2-4-13(18-9-7-17-8-10-18)14-11(15)5-3-6-12(14)16;/h2-3,5-6,13,17H,1,4,7-10H2;1H/t13-;/m1./s1. The molecule has 19 heavy (non-hydrogen) atoms. The monoisotopic (exact) mass is 304 g/mol. The van der Waals surface area contributed by atoms with Gasteiger partial charge >= 0.3 is 0 Å². The Labute approximate surface area is 125 Å². The Morgan fingerprint density at radius 2 is 2.11 bits per heavy atom. The van der Waals surface area contributed by atoms with Gasteiger partial charge in [0, 0.05) is 42.8 Å². The first kappa shape index (κ1) is 16.4. The first-order valence-corrected chi connectivity index (χ1v) is 6.61. The van der Waals surface area contributed by atoms with Gasteiger partial charge in [0.25, 0.3) is 0 Å². The molecule has 2 rings (SSSR count).